The predicted octanol–water partition coefficient (Wildman–Crippen LogP) is 2.72. The Kier molecular flexibility index (Phi) is 6.06. The van der Waals surface area contributed by atoms with Gasteiger partial charge in [0.1, 0.15) is 5.60 Å². The molecule has 2 aliphatic rings. The van der Waals surface area contributed by atoms with Gasteiger partial charge >= 0.3 is 6.09 Å². The summed E-state index contributed by atoms with van der Waals surface area (Å²) in [4.78, 5) is 14.3. The molecule has 1 saturated heterocycles. The van der Waals surface area contributed by atoms with Crippen LogP contribution in [0.4, 0.5) is 4.79 Å². The standard InChI is InChI=1S/C17H29NO5/c1-17(2,3)23-16(19)18-13-8-12(6-7-15(20-4)21-5)9-14(18)11-22-10-13/h8,13-15H,6-7,9-11H2,1-5H3. The molecule has 2 atom stereocenters. The summed E-state index contributed by atoms with van der Waals surface area (Å²) in [6.07, 6.45) is 4.24. The molecule has 0 aromatic carbocycles. The van der Waals surface area contributed by atoms with Gasteiger partial charge in [-0.2, -0.15) is 0 Å². The summed E-state index contributed by atoms with van der Waals surface area (Å²) >= 11 is 0. The first-order valence-corrected chi connectivity index (χ1v) is 8.18. The molecule has 0 saturated carbocycles. The van der Waals surface area contributed by atoms with Crippen LogP contribution in [-0.4, -0.2) is 62.4 Å². The van der Waals surface area contributed by atoms with E-state index in [-0.39, 0.29) is 24.5 Å². The largest absolute Gasteiger partial charge is 0.444 e. The zero-order valence-electron chi connectivity index (χ0n) is 14.8. The van der Waals surface area contributed by atoms with E-state index in [0.29, 0.717) is 13.2 Å². The van der Waals surface area contributed by atoms with Crippen LogP contribution < -0.4 is 0 Å². The molecule has 0 aliphatic carbocycles. The molecule has 2 heterocycles. The average Bonchev–Trinajstić information content (AvgIpc) is 2.45. The van der Waals surface area contributed by atoms with Crippen LogP contribution in [-0.2, 0) is 18.9 Å². The van der Waals surface area contributed by atoms with E-state index in [1.807, 2.05) is 25.7 Å². The van der Waals surface area contributed by atoms with Gasteiger partial charge in [-0.25, -0.2) is 4.79 Å². The quantitative estimate of drug-likeness (QED) is 0.574. The summed E-state index contributed by atoms with van der Waals surface area (Å²) in [5.74, 6) is 0. The van der Waals surface area contributed by atoms with Gasteiger partial charge in [0.25, 0.3) is 0 Å². The number of hydrogen-bond donors (Lipinski definition) is 0. The first-order chi connectivity index (χ1) is 10.8. The Labute approximate surface area is 138 Å². The Hall–Kier alpha value is -1.11. The minimum absolute atomic E-state index is 0.0455. The fraction of sp³-hybridized carbons (Fsp3) is 0.824. The first kappa shape index (κ1) is 18.2. The van der Waals surface area contributed by atoms with E-state index >= 15 is 0 Å². The van der Waals surface area contributed by atoms with Crippen LogP contribution in [0, 0.1) is 0 Å². The van der Waals surface area contributed by atoms with E-state index in [2.05, 4.69) is 6.08 Å². The van der Waals surface area contributed by atoms with Crippen molar-refractivity contribution < 1.29 is 23.7 Å². The lowest BCUT2D eigenvalue weighted by molar-refractivity contribution is -0.106. The molecule has 23 heavy (non-hydrogen) atoms. The maximum Gasteiger partial charge on any atom is 0.411 e. The fourth-order valence-electron chi connectivity index (χ4n) is 3.10. The zero-order valence-corrected chi connectivity index (χ0v) is 14.8. The second-order valence-corrected chi connectivity index (χ2v) is 7.11. The minimum Gasteiger partial charge on any atom is -0.444 e. The second-order valence-electron chi connectivity index (χ2n) is 7.11. The van der Waals surface area contributed by atoms with E-state index in [0.717, 1.165) is 19.3 Å². The van der Waals surface area contributed by atoms with E-state index in [9.17, 15) is 4.79 Å². The van der Waals surface area contributed by atoms with Gasteiger partial charge in [-0.1, -0.05) is 11.6 Å². The Bertz CT molecular complexity index is 439. The summed E-state index contributed by atoms with van der Waals surface area (Å²) in [6, 6.07) is 0.00281. The van der Waals surface area contributed by atoms with Crippen LogP contribution in [0.25, 0.3) is 0 Å². The molecular formula is C17H29NO5. The number of rotatable bonds is 5. The van der Waals surface area contributed by atoms with Crippen molar-refractivity contribution in [1.29, 1.82) is 0 Å². The minimum atomic E-state index is -0.486. The molecule has 2 aliphatic heterocycles. The van der Waals surface area contributed by atoms with Crippen molar-refractivity contribution in [3.8, 4) is 0 Å². The lowest BCUT2D eigenvalue weighted by atomic mass is 9.92. The van der Waals surface area contributed by atoms with Gasteiger partial charge in [0, 0.05) is 20.6 Å². The third-order valence-electron chi connectivity index (χ3n) is 4.11. The summed E-state index contributed by atoms with van der Waals surface area (Å²) in [6.45, 7) is 6.75. The Balaban J connectivity index is 2.02. The molecular weight excluding hydrogens is 298 g/mol. The molecule has 2 rings (SSSR count). The maximum absolute atomic E-state index is 12.5. The number of morpholine rings is 1. The molecule has 6 nitrogen and oxygen atoms in total. The lowest BCUT2D eigenvalue weighted by Crippen LogP contribution is -2.57. The van der Waals surface area contributed by atoms with Gasteiger partial charge in [0.2, 0.25) is 0 Å². The number of fused-ring (bicyclic) bond motifs is 2. The highest BCUT2D eigenvalue weighted by atomic mass is 16.7. The lowest BCUT2D eigenvalue weighted by Gasteiger charge is -2.44. The number of amides is 1. The van der Waals surface area contributed by atoms with E-state index in [1.54, 1.807) is 14.2 Å². The molecule has 0 aromatic rings. The molecule has 0 radical (unpaired) electrons. The number of carbonyl (C=O) groups excluding carboxylic acids is 1. The molecule has 0 spiro atoms. The van der Waals surface area contributed by atoms with Crippen molar-refractivity contribution in [2.24, 2.45) is 0 Å². The van der Waals surface area contributed by atoms with Gasteiger partial charge < -0.3 is 18.9 Å². The Morgan fingerprint density at radius 2 is 2.04 bits per heavy atom. The third-order valence-corrected chi connectivity index (χ3v) is 4.11. The monoisotopic (exact) mass is 327 g/mol. The highest BCUT2D eigenvalue weighted by Gasteiger charge is 2.39. The van der Waals surface area contributed by atoms with Crippen molar-refractivity contribution in [2.75, 3.05) is 27.4 Å². The molecule has 132 valence electrons. The van der Waals surface area contributed by atoms with E-state index in [1.165, 1.54) is 5.57 Å². The highest BCUT2D eigenvalue weighted by Crippen LogP contribution is 2.31. The zero-order chi connectivity index (χ0) is 17.0. The molecule has 1 fully saturated rings. The highest BCUT2D eigenvalue weighted by molar-refractivity contribution is 5.70. The summed E-state index contributed by atoms with van der Waals surface area (Å²) < 4.78 is 21.6. The van der Waals surface area contributed by atoms with Crippen LogP contribution in [0.2, 0.25) is 0 Å². The molecule has 1 amide bonds. The molecule has 2 unspecified atom stereocenters. The third kappa shape index (κ3) is 4.93. The molecule has 2 bridgehead atoms. The van der Waals surface area contributed by atoms with E-state index in [4.69, 9.17) is 18.9 Å². The molecule has 0 aromatic heterocycles. The van der Waals surface area contributed by atoms with Crippen LogP contribution >= 0.6 is 0 Å². The summed E-state index contributed by atoms with van der Waals surface area (Å²) in [5.41, 5.74) is 0.850. The average molecular weight is 327 g/mol. The smallest absolute Gasteiger partial charge is 0.411 e. The molecule has 0 N–H and O–H groups in total. The van der Waals surface area contributed by atoms with Crippen molar-refractivity contribution in [3.63, 3.8) is 0 Å². The van der Waals surface area contributed by atoms with Crippen molar-refractivity contribution in [1.82, 2.24) is 4.90 Å². The van der Waals surface area contributed by atoms with Gasteiger partial charge in [0.05, 0.1) is 25.3 Å². The normalized spacial score (nSPS) is 24.6. The molecule has 6 heteroatoms. The summed E-state index contributed by atoms with van der Waals surface area (Å²) in [7, 11) is 3.30. The van der Waals surface area contributed by atoms with Crippen molar-refractivity contribution >= 4 is 6.09 Å². The van der Waals surface area contributed by atoms with Crippen LogP contribution in [0.5, 0.6) is 0 Å². The number of carbonyl (C=O) groups is 1. The second kappa shape index (κ2) is 7.64. The van der Waals surface area contributed by atoms with Gasteiger partial charge in [-0.05, 0) is 33.6 Å². The SMILES string of the molecule is COC(CCC1=CC2COCC(C1)N2C(=O)OC(C)(C)C)OC. The van der Waals surface area contributed by atoms with Gasteiger partial charge in [-0.15, -0.1) is 0 Å². The van der Waals surface area contributed by atoms with Crippen LogP contribution in [0.3, 0.4) is 0 Å². The first-order valence-electron chi connectivity index (χ1n) is 8.18. The van der Waals surface area contributed by atoms with Crippen molar-refractivity contribution in [2.45, 2.75) is 64.0 Å². The number of nitrogens with zero attached hydrogens (tertiary/aromatic N) is 1. The number of hydrogen-bond acceptors (Lipinski definition) is 5. The van der Waals surface area contributed by atoms with E-state index < -0.39 is 5.60 Å². The van der Waals surface area contributed by atoms with Crippen molar-refractivity contribution in [3.05, 3.63) is 11.6 Å². The summed E-state index contributed by atoms with van der Waals surface area (Å²) in [5, 5.41) is 0. The van der Waals surface area contributed by atoms with Crippen LogP contribution in [0.15, 0.2) is 11.6 Å². The topological polar surface area (TPSA) is 57.2 Å². The van der Waals surface area contributed by atoms with Gasteiger partial charge in [0.15, 0.2) is 6.29 Å². The Morgan fingerprint density at radius 3 is 2.61 bits per heavy atom. The number of methoxy groups -OCH3 is 2. The maximum atomic E-state index is 12.5. The predicted molar refractivity (Wildman–Crippen MR) is 86.2 cm³/mol. The Morgan fingerprint density at radius 1 is 1.35 bits per heavy atom. The fourth-order valence-corrected chi connectivity index (χ4v) is 3.10. The number of ether oxygens (including phenoxy) is 4. The van der Waals surface area contributed by atoms with Crippen LogP contribution in [0.1, 0.15) is 40.0 Å². The van der Waals surface area contributed by atoms with Gasteiger partial charge in [-0.3, -0.25) is 4.90 Å².